The molecular formula is C15H16ClFN4O. The van der Waals surface area contributed by atoms with Gasteiger partial charge in [0, 0.05) is 12.0 Å². The molecule has 1 aromatic carbocycles. The van der Waals surface area contributed by atoms with Crippen LogP contribution < -0.4 is 11.1 Å². The molecule has 0 aliphatic rings. The van der Waals surface area contributed by atoms with Gasteiger partial charge in [0.1, 0.15) is 5.82 Å². The zero-order valence-corrected chi connectivity index (χ0v) is 13.0. The van der Waals surface area contributed by atoms with Crippen LogP contribution in [-0.2, 0) is 5.41 Å². The molecule has 2 rings (SSSR count). The van der Waals surface area contributed by atoms with Crippen molar-refractivity contribution in [2.45, 2.75) is 19.3 Å². The SMILES string of the molecule is CC(C)(CNc1nnc(Cl)cc1C(N)=O)c1ccc(F)cc1. The van der Waals surface area contributed by atoms with Crippen molar-refractivity contribution in [2.75, 3.05) is 11.9 Å². The minimum absolute atomic E-state index is 0.0946. The van der Waals surface area contributed by atoms with E-state index < -0.39 is 5.91 Å². The Bertz CT molecular complexity index is 688. The number of carbonyl (C=O) groups excluding carboxylic acids is 1. The molecule has 3 N–H and O–H groups in total. The summed E-state index contributed by atoms with van der Waals surface area (Å²) < 4.78 is 13.0. The number of nitrogens with one attached hydrogen (secondary N) is 1. The average molecular weight is 323 g/mol. The van der Waals surface area contributed by atoms with Crippen LogP contribution in [0.2, 0.25) is 5.15 Å². The number of anilines is 1. The molecule has 22 heavy (non-hydrogen) atoms. The number of nitrogens with zero attached hydrogens (tertiary/aromatic N) is 2. The molecule has 1 amide bonds. The minimum Gasteiger partial charge on any atom is -0.367 e. The monoisotopic (exact) mass is 322 g/mol. The number of amides is 1. The van der Waals surface area contributed by atoms with Crippen LogP contribution in [0.1, 0.15) is 29.8 Å². The van der Waals surface area contributed by atoms with Crippen molar-refractivity contribution in [3.05, 3.63) is 52.4 Å². The van der Waals surface area contributed by atoms with Crippen molar-refractivity contribution < 1.29 is 9.18 Å². The van der Waals surface area contributed by atoms with Gasteiger partial charge in [0.25, 0.3) is 5.91 Å². The standard InChI is InChI=1S/C15H16ClFN4O/c1-15(2,9-3-5-10(17)6-4-9)8-19-14-11(13(18)22)7-12(16)20-21-14/h3-7H,8H2,1-2H3,(H2,18,22)(H,19,21). The molecule has 0 bridgehead atoms. The molecule has 1 aromatic heterocycles. The predicted molar refractivity (Wildman–Crippen MR) is 83.5 cm³/mol. The van der Waals surface area contributed by atoms with Crippen LogP contribution in [0.5, 0.6) is 0 Å². The summed E-state index contributed by atoms with van der Waals surface area (Å²) in [5.74, 6) is -0.655. The normalized spacial score (nSPS) is 11.3. The van der Waals surface area contributed by atoms with Gasteiger partial charge in [-0.05, 0) is 23.8 Å². The first kappa shape index (κ1) is 16.2. The Balaban J connectivity index is 2.18. The number of primary amides is 1. The van der Waals surface area contributed by atoms with Gasteiger partial charge in [0.15, 0.2) is 11.0 Å². The molecule has 0 radical (unpaired) electrons. The fraction of sp³-hybridized carbons (Fsp3) is 0.267. The predicted octanol–water partition coefficient (Wildman–Crippen LogP) is 2.76. The smallest absolute Gasteiger partial charge is 0.252 e. The van der Waals surface area contributed by atoms with E-state index in [1.807, 2.05) is 13.8 Å². The number of rotatable bonds is 5. The number of benzene rings is 1. The van der Waals surface area contributed by atoms with Crippen LogP contribution in [0, 0.1) is 5.82 Å². The number of halogens is 2. The lowest BCUT2D eigenvalue weighted by molar-refractivity contribution is 0.100. The highest BCUT2D eigenvalue weighted by molar-refractivity contribution is 6.29. The van der Waals surface area contributed by atoms with Crippen molar-refractivity contribution in [1.82, 2.24) is 10.2 Å². The fourth-order valence-electron chi connectivity index (χ4n) is 1.99. The van der Waals surface area contributed by atoms with E-state index >= 15 is 0 Å². The van der Waals surface area contributed by atoms with Crippen molar-refractivity contribution in [1.29, 1.82) is 0 Å². The Morgan fingerprint density at radius 3 is 2.55 bits per heavy atom. The summed E-state index contributed by atoms with van der Waals surface area (Å²) in [6.07, 6.45) is 0. The summed E-state index contributed by atoms with van der Waals surface area (Å²) in [4.78, 5) is 11.4. The molecule has 0 fully saturated rings. The summed E-state index contributed by atoms with van der Waals surface area (Å²) >= 11 is 5.72. The van der Waals surface area contributed by atoms with Crippen LogP contribution in [0.3, 0.4) is 0 Å². The Morgan fingerprint density at radius 1 is 1.32 bits per heavy atom. The van der Waals surface area contributed by atoms with Gasteiger partial charge in [0.2, 0.25) is 0 Å². The van der Waals surface area contributed by atoms with E-state index in [9.17, 15) is 9.18 Å². The second-order valence-corrected chi connectivity index (χ2v) is 5.93. The highest BCUT2D eigenvalue weighted by atomic mass is 35.5. The zero-order valence-electron chi connectivity index (χ0n) is 12.2. The average Bonchev–Trinajstić information content (AvgIpc) is 2.46. The third-order valence-corrected chi connectivity index (χ3v) is 3.54. The van der Waals surface area contributed by atoms with Crippen molar-refractivity contribution in [2.24, 2.45) is 5.73 Å². The molecule has 0 spiro atoms. The van der Waals surface area contributed by atoms with Gasteiger partial charge in [0.05, 0.1) is 5.56 Å². The topological polar surface area (TPSA) is 80.9 Å². The third kappa shape index (κ3) is 3.71. The van der Waals surface area contributed by atoms with Crippen LogP contribution in [0.15, 0.2) is 30.3 Å². The second-order valence-electron chi connectivity index (χ2n) is 5.54. The van der Waals surface area contributed by atoms with Gasteiger partial charge in [-0.3, -0.25) is 4.79 Å². The summed E-state index contributed by atoms with van der Waals surface area (Å²) in [5.41, 5.74) is 6.11. The van der Waals surface area contributed by atoms with Gasteiger partial charge < -0.3 is 11.1 Å². The highest BCUT2D eigenvalue weighted by Crippen LogP contribution is 2.24. The fourth-order valence-corrected chi connectivity index (χ4v) is 2.14. The molecule has 0 saturated carbocycles. The Morgan fingerprint density at radius 2 is 1.95 bits per heavy atom. The van der Waals surface area contributed by atoms with E-state index in [1.165, 1.54) is 18.2 Å². The number of aromatic nitrogens is 2. The van der Waals surface area contributed by atoms with Gasteiger partial charge >= 0.3 is 0 Å². The molecule has 0 aliphatic heterocycles. The summed E-state index contributed by atoms with van der Waals surface area (Å²) in [7, 11) is 0. The molecular weight excluding hydrogens is 307 g/mol. The van der Waals surface area contributed by atoms with Crippen molar-refractivity contribution in [3.63, 3.8) is 0 Å². The zero-order chi connectivity index (χ0) is 16.3. The first-order chi connectivity index (χ1) is 10.3. The highest BCUT2D eigenvalue weighted by Gasteiger charge is 2.22. The number of hydrogen-bond donors (Lipinski definition) is 2. The maximum Gasteiger partial charge on any atom is 0.252 e. The number of hydrogen-bond acceptors (Lipinski definition) is 4. The second kappa shape index (κ2) is 6.27. The lowest BCUT2D eigenvalue weighted by atomic mass is 9.84. The molecule has 116 valence electrons. The van der Waals surface area contributed by atoms with Crippen LogP contribution in [0.25, 0.3) is 0 Å². The molecule has 0 unspecified atom stereocenters. The molecule has 0 atom stereocenters. The van der Waals surface area contributed by atoms with Crippen molar-refractivity contribution in [3.8, 4) is 0 Å². The number of carbonyl (C=O) groups is 1. The Kier molecular flexibility index (Phi) is 4.61. The number of nitrogens with two attached hydrogens (primary N) is 1. The van der Waals surface area contributed by atoms with Gasteiger partial charge in [-0.2, -0.15) is 0 Å². The summed E-state index contributed by atoms with van der Waals surface area (Å²) in [6, 6.07) is 7.63. The lowest BCUT2D eigenvalue weighted by Crippen LogP contribution is -2.29. The molecule has 5 nitrogen and oxygen atoms in total. The van der Waals surface area contributed by atoms with Crippen LogP contribution >= 0.6 is 11.6 Å². The minimum atomic E-state index is -0.640. The molecule has 0 saturated heterocycles. The molecule has 2 aromatic rings. The molecule has 0 aliphatic carbocycles. The van der Waals surface area contributed by atoms with Crippen LogP contribution in [-0.4, -0.2) is 22.6 Å². The van der Waals surface area contributed by atoms with Gasteiger partial charge in [-0.15, -0.1) is 10.2 Å². The van der Waals surface area contributed by atoms with E-state index in [4.69, 9.17) is 17.3 Å². The van der Waals surface area contributed by atoms with E-state index in [0.717, 1.165) is 5.56 Å². The first-order valence-electron chi connectivity index (χ1n) is 6.62. The van der Waals surface area contributed by atoms with E-state index in [1.54, 1.807) is 12.1 Å². The van der Waals surface area contributed by atoms with Crippen LogP contribution in [0.4, 0.5) is 10.2 Å². The largest absolute Gasteiger partial charge is 0.367 e. The molecule has 1 heterocycles. The molecule has 7 heteroatoms. The van der Waals surface area contributed by atoms with Gasteiger partial charge in [-0.25, -0.2) is 4.39 Å². The summed E-state index contributed by atoms with van der Waals surface area (Å²) in [6.45, 7) is 4.43. The third-order valence-electron chi connectivity index (χ3n) is 3.35. The Labute approximate surface area is 132 Å². The maximum absolute atomic E-state index is 13.0. The van der Waals surface area contributed by atoms with Gasteiger partial charge in [-0.1, -0.05) is 37.6 Å². The first-order valence-corrected chi connectivity index (χ1v) is 7.00. The lowest BCUT2D eigenvalue weighted by Gasteiger charge is -2.26. The summed E-state index contributed by atoms with van der Waals surface area (Å²) in [5, 5.41) is 10.7. The maximum atomic E-state index is 13.0. The Hall–Kier alpha value is -2.21. The quantitative estimate of drug-likeness (QED) is 0.887. The van der Waals surface area contributed by atoms with E-state index in [-0.39, 0.29) is 27.8 Å². The van der Waals surface area contributed by atoms with Crippen molar-refractivity contribution >= 4 is 23.3 Å². The van der Waals surface area contributed by atoms with E-state index in [0.29, 0.717) is 6.54 Å². The van der Waals surface area contributed by atoms with E-state index in [2.05, 4.69) is 15.5 Å².